The SMILES string of the molecule is BC(B)(B)c1nc2ccccc2n1-c1cccc(-c2c3ccccc3c(-c3cccc4oc5ccccc5c34)c3ccccc23)c1. The van der Waals surface area contributed by atoms with Gasteiger partial charge in [0.2, 0.25) is 0 Å². The highest BCUT2D eigenvalue weighted by atomic mass is 16.3. The van der Waals surface area contributed by atoms with Crippen LogP contribution in [0.15, 0.2) is 144 Å². The summed E-state index contributed by atoms with van der Waals surface area (Å²) in [6.07, 6.45) is 0. The molecule has 0 spiro atoms. The summed E-state index contributed by atoms with van der Waals surface area (Å²) in [5.41, 5.74) is 9.91. The topological polar surface area (TPSA) is 31.0 Å². The molecule has 0 N–H and O–H groups in total. The minimum atomic E-state index is -0.131. The van der Waals surface area contributed by atoms with Crippen LogP contribution in [0.1, 0.15) is 5.82 Å². The van der Waals surface area contributed by atoms with E-state index in [9.17, 15) is 0 Å². The Morgan fingerprint density at radius 2 is 1.13 bits per heavy atom. The molecule has 7 aromatic carbocycles. The average molecular weight is 586 g/mol. The number of para-hydroxylation sites is 3. The highest BCUT2D eigenvalue weighted by Gasteiger charge is 2.25. The van der Waals surface area contributed by atoms with Crippen molar-refractivity contribution in [3.63, 3.8) is 0 Å². The molecule has 0 saturated heterocycles. The first kappa shape index (κ1) is 26.9. The second-order valence-corrected chi connectivity index (χ2v) is 13.2. The number of benzene rings is 7. The fourth-order valence-electron chi connectivity index (χ4n) is 7.30. The molecule has 0 aliphatic carbocycles. The molecular weight excluding hydrogens is 557 g/mol. The molecule has 0 amide bonds. The van der Waals surface area contributed by atoms with Gasteiger partial charge in [-0.05, 0) is 80.2 Å². The van der Waals surface area contributed by atoms with Crippen LogP contribution in [0.5, 0.6) is 0 Å². The van der Waals surface area contributed by atoms with E-state index in [2.05, 4.69) is 162 Å². The van der Waals surface area contributed by atoms with Crippen LogP contribution >= 0.6 is 0 Å². The van der Waals surface area contributed by atoms with E-state index in [4.69, 9.17) is 9.40 Å². The Balaban J connectivity index is 1.36. The molecule has 2 aromatic heterocycles. The summed E-state index contributed by atoms with van der Waals surface area (Å²) in [5, 5.41) is 7.07. The number of imidazole rings is 1. The van der Waals surface area contributed by atoms with Crippen molar-refractivity contribution in [2.24, 2.45) is 0 Å². The molecule has 0 radical (unpaired) electrons. The van der Waals surface area contributed by atoms with Gasteiger partial charge in [-0.3, -0.25) is 4.57 Å². The highest BCUT2D eigenvalue weighted by Crippen LogP contribution is 2.47. The summed E-state index contributed by atoms with van der Waals surface area (Å²) >= 11 is 0. The second kappa shape index (κ2) is 10.0. The zero-order valence-electron chi connectivity index (χ0n) is 26.1. The third-order valence-electron chi connectivity index (χ3n) is 9.23. The lowest BCUT2D eigenvalue weighted by atomic mass is 9.42. The van der Waals surface area contributed by atoms with Crippen LogP contribution in [0.2, 0.25) is 0 Å². The van der Waals surface area contributed by atoms with Crippen molar-refractivity contribution < 1.29 is 4.42 Å². The lowest BCUT2D eigenvalue weighted by molar-refractivity contribution is 0.669. The minimum absolute atomic E-state index is 0.131. The Morgan fingerprint density at radius 3 is 1.85 bits per heavy atom. The van der Waals surface area contributed by atoms with Gasteiger partial charge in [-0.2, -0.15) is 0 Å². The van der Waals surface area contributed by atoms with Gasteiger partial charge in [0.25, 0.3) is 0 Å². The van der Waals surface area contributed by atoms with Crippen molar-refractivity contribution in [1.82, 2.24) is 9.55 Å². The molecule has 0 fully saturated rings. The van der Waals surface area contributed by atoms with Crippen LogP contribution in [-0.4, -0.2) is 33.1 Å². The molecule has 0 aliphatic heterocycles. The smallest absolute Gasteiger partial charge is 0.136 e. The van der Waals surface area contributed by atoms with Crippen LogP contribution in [0, 0.1) is 0 Å². The normalized spacial score (nSPS) is 12.2. The molecule has 0 unspecified atom stereocenters. The summed E-state index contributed by atoms with van der Waals surface area (Å²) in [6, 6.07) is 49.9. The molecule has 0 bridgehead atoms. The fourth-order valence-corrected chi connectivity index (χ4v) is 7.30. The quantitative estimate of drug-likeness (QED) is 0.157. The van der Waals surface area contributed by atoms with Gasteiger partial charge in [-0.1, -0.05) is 108 Å². The van der Waals surface area contributed by atoms with E-state index >= 15 is 0 Å². The Bertz CT molecular complexity index is 2590. The van der Waals surface area contributed by atoms with Gasteiger partial charge < -0.3 is 4.42 Å². The van der Waals surface area contributed by atoms with Crippen LogP contribution in [0.3, 0.4) is 0 Å². The number of furan rings is 1. The molecule has 214 valence electrons. The number of hydrogen-bond donors (Lipinski definition) is 0. The van der Waals surface area contributed by atoms with Crippen molar-refractivity contribution in [2.75, 3.05) is 0 Å². The number of aromatic nitrogens is 2. The van der Waals surface area contributed by atoms with Crippen molar-refractivity contribution in [2.45, 2.75) is 5.11 Å². The maximum Gasteiger partial charge on any atom is 0.136 e. The lowest BCUT2D eigenvalue weighted by Crippen LogP contribution is -2.31. The van der Waals surface area contributed by atoms with E-state index in [1.165, 1.54) is 43.8 Å². The minimum Gasteiger partial charge on any atom is -0.456 e. The fraction of sp³-hybridized carbons (Fsp3) is 0.0250. The molecule has 0 atom stereocenters. The third kappa shape index (κ3) is 4.00. The van der Waals surface area contributed by atoms with E-state index in [0.29, 0.717) is 0 Å². The number of fused-ring (bicyclic) bond motifs is 6. The van der Waals surface area contributed by atoms with Crippen molar-refractivity contribution in [3.05, 3.63) is 145 Å². The Hall–Kier alpha value is -5.48. The largest absolute Gasteiger partial charge is 0.456 e. The van der Waals surface area contributed by atoms with Crippen LogP contribution in [0.25, 0.3) is 82.5 Å². The van der Waals surface area contributed by atoms with Gasteiger partial charge in [-0.15, -0.1) is 0 Å². The molecule has 9 rings (SSSR count). The zero-order valence-corrected chi connectivity index (χ0v) is 26.1. The Labute approximate surface area is 269 Å². The summed E-state index contributed by atoms with van der Waals surface area (Å²) in [4.78, 5) is 5.11. The van der Waals surface area contributed by atoms with E-state index < -0.39 is 0 Å². The van der Waals surface area contributed by atoms with Crippen LogP contribution in [-0.2, 0) is 5.11 Å². The molecule has 0 aliphatic rings. The first-order valence-corrected chi connectivity index (χ1v) is 15.9. The number of hydrogen-bond acceptors (Lipinski definition) is 2. The molecule has 3 nitrogen and oxygen atoms in total. The van der Waals surface area contributed by atoms with Gasteiger partial charge in [0.1, 0.15) is 11.2 Å². The predicted octanol–water partition coefficient (Wildman–Crippen LogP) is 7.57. The molecule has 6 heteroatoms. The van der Waals surface area contributed by atoms with E-state index in [1.54, 1.807) is 0 Å². The van der Waals surface area contributed by atoms with Gasteiger partial charge in [0.05, 0.1) is 40.4 Å². The molecule has 0 saturated carbocycles. The second-order valence-electron chi connectivity index (χ2n) is 13.2. The maximum absolute atomic E-state index is 6.34. The lowest BCUT2D eigenvalue weighted by Gasteiger charge is -2.21. The monoisotopic (exact) mass is 586 g/mol. The van der Waals surface area contributed by atoms with Gasteiger partial charge >= 0.3 is 0 Å². The van der Waals surface area contributed by atoms with E-state index in [0.717, 1.165) is 44.5 Å². The summed E-state index contributed by atoms with van der Waals surface area (Å²) < 4.78 is 8.67. The summed E-state index contributed by atoms with van der Waals surface area (Å²) in [5.74, 6) is 1.05. The van der Waals surface area contributed by atoms with E-state index in [1.807, 2.05) is 6.07 Å². The van der Waals surface area contributed by atoms with Crippen molar-refractivity contribution in [1.29, 1.82) is 0 Å². The Kier molecular flexibility index (Phi) is 5.85. The van der Waals surface area contributed by atoms with E-state index in [-0.39, 0.29) is 5.11 Å². The van der Waals surface area contributed by atoms with Gasteiger partial charge in [0, 0.05) is 16.5 Å². The van der Waals surface area contributed by atoms with Crippen LogP contribution in [0.4, 0.5) is 0 Å². The first-order valence-electron chi connectivity index (χ1n) is 15.9. The predicted molar refractivity (Wildman–Crippen MR) is 202 cm³/mol. The average Bonchev–Trinajstić information content (AvgIpc) is 3.67. The van der Waals surface area contributed by atoms with Crippen molar-refractivity contribution >= 4 is 78.1 Å². The zero-order chi connectivity index (χ0) is 31.0. The summed E-state index contributed by atoms with van der Waals surface area (Å²) in [6.45, 7) is 0. The number of rotatable bonds is 4. The van der Waals surface area contributed by atoms with Crippen molar-refractivity contribution in [3.8, 4) is 27.9 Å². The van der Waals surface area contributed by atoms with Gasteiger partial charge in [0.15, 0.2) is 0 Å². The van der Waals surface area contributed by atoms with Crippen LogP contribution < -0.4 is 0 Å². The molecule has 46 heavy (non-hydrogen) atoms. The standard InChI is InChI=1S/C40H29B3N2O/c41-40(42,43)39-44-32-19-6-7-20-33(32)45(39)25-12-9-11-24(23-25)36-26-13-1-3-15-28(26)37(29-16-4-2-14-27(29)36)31-18-10-22-35-38(31)30-17-5-8-21-34(30)46-35/h1-23H,41-43H2. The highest BCUT2D eigenvalue weighted by molar-refractivity contribution is 6.58. The Morgan fingerprint density at radius 1 is 0.543 bits per heavy atom. The maximum atomic E-state index is 6.34. The third-order valence-corrected chi connectivity index (χ3v) is 9.23. The molecule has 2 heterocycles. The first-order chi connectivity index (χ1) is 22.5. The van der Waals surface area contributed by atoms with Gasteiger partial charge in [-0.25, -0.2) is 4.98 Å². The number of nitrogens with zero attached hydrogens (tertiary/aromatic N) is 2. The summed E-state index contributed by atoms with van der Waals surface area (Å²) in [7, 11) is 6.70. The molecular formula is C40H29B3N2O. The molecule has 9 aromatic rings.